The van der Waals surface area contributed by atoms with E-state index >= 15 is 0 Å². The van der Waals surface area contributed by atoms with Gasteiger partial charge in [0.15, 0.2) is 0 Å². The van der Waals surface area contributed by atoms with E-state index in [0.29, 0.717) is 0 Å². The largest absolute Gasteiger partial charge is 0.416 e. The molecule has 0 aromatic heterocycles. The van der Waals surface area contributed by atoms with Gasteiger partial charge in [-0.1, -0.05) is 30.3 Å². The van der Waals surface area contributed by atoms with Crippen molar-refractivity contribution in [3.05, 3.63) is 65.2 Å². The van der Waals surface area contributed by atoms with E-state index in [4.69, 9.17) is 0 Å². The number of rotatable bonds is 4. The average molecular weight is 348 g/mol. The van der Waals surface area contributed by atoms with Gasteiger partial charge in [0.05, 0.1) is 12.1 Å². The Morgan fingerprint density at radius 1 is 1.20 bits per heavy atom. The Balaban J connectivity index is 1.64. The fourth-order valence-corrected chi connectivity index (χ4v) is 3.30. The summed E-state index contributed by atoms with van der Waals surface area (Å²) < 4.78 is 38.2. The lowest BCUT2D eigenvalue weighted by atomic mass is 10.1. The van der Waals surface area contributed by atoms with Crippen LogP contribution in [0.2, 0.25) is 0 Å². The van der Waals surface area contributed by atoms with E-state index in [0.717, 1.165) is 25.0 Å². The van der Waals surface area contributed by atoms with E-state index in [-0.39, 0.29) is 24.2 Å². The van der Waals surface area contributed by atoms with Crippen molar-refractivity contribution in [2.24, 2.45) is 0 Å². The van der Waals surface area contributed by atoms with Crippen LogP contribution in [0.3, 0.4) is 0 Å². The number of hydrogen-bond donors (Lipinski definition) is 1. The highest BCUT2D eigenvalue weighted by Crippen LogP contribution is 2.34. The SMILES string of the molecule is CN(CC(=O)Nc1cccc(C(F)(F)F)c1)C1CCc2ccccc21. The normalized spacial score (nSPS) is 16.8. The molecule has 0 aliphatic heterocycles. The number of hydrogen-bond acceptors (Lipinski definition) is 2. The molecule has 1 amide bonds. The van der Waals surface area contributed by atoms with Crippen LogP contribution in [-0.2, 0) is 17.4 Å². The third-order valence-electron chi connectivity index (χ3n) is 4.50. The molecule has 1 aliphatic carbocycles. The van der Waals surface area contributed by atoms with Crippen molar-refractivity contribution in [1.29, 1.82) is 0 Å². The lowest BCUT2D eigenvalue weighted by molar-refractivity contribution is -0.137. The Morgan fingerprint density at radius 2 is 1.96 bits per heavy atom. The second kappa shape index (κ2) is 6.88. The highest BCUT2D eigenvalue weighted by Gasteiger charge is 2.30. The number of likely N-dealkylation sites (N-methyl/N-ethyl adjacent to an activating group) is 1. The Labute approximate surface area is 144 Å². The molecular weight excluding hydrogens is 329 g/mol. The molecule has 2 aromatic rings. The highest BCUT2D eigenvalue weighted by molar-refractivity contribution is 5.92. The van der Waals surface area contributed by atoms with Crippen molar-refractivity contribution < 1.29 is 18.0 Å². The minimum atomic E-state index is -4.43. The third-order valence-corrected chi connectivity index (χ3v) is 4.50. The first kappa shape index (κ1) is 17.5. The number of aryl methyl sites for hydroxylation is 1. The number of benzene rings is 2. The van der Waals surface area contributed by atoms with Crippen molar-refractivity contribution in [3.63, 3.8) is 0 Å². The van der Waals surface area contributed by atoms with Gasteiger partial charge in [-0.05, 0) is 49.2 Å². The van der Waals surface area contributed by atoms with Crippen molar-refractivity contribution in [2.45, 2.75) is 25.1 Å². The zero-order valence-corrected chi connectivity index (χ0v) is 13.8. The summed E-state index contributed by atoms with van der Waals surface area (Å²) in [4.78, 5) is 14.2. The summed E-state index contributed by atoms with van der Waals surface area (Å²) in [5.41, 5.74) is 1.89. The van der Waals surface area contributed by atoms with Gasteiger partial charge < -0.3 is 5.32 Å². The Hall–Kier alpha value is -2.34. The average Bonchev–Trinajstić information content (AvgIpc) is 2.98. The summed E-state index contributed by atoms with van der Waals surface area (Å²) in [7, 11) is 1.86. The van der Waals surface area contributed by atoms with Crippen LogP contribution in [0.5, 0.6) is 0 Å². The Bertz CT molecular complexity index is 773. The van der Waals surface area contributed by atoms with Gasteiger partial charge >= 0.3 is 6.18 Å². The molecular formula is C19H19F3N2O. The van der Waals surface area contributed by atoms with Gasteiger partial charge in [0, 0.05) is 11.7 Å². The zero-order chi connectivity index (χ0) is 18.0. The summed E-state index contributed by atoms with van der Waals surface area (Å²) in [6.45, 7) is 0.120. The number of amides is 1. The minimum Gasteiger partial charge on any atom is -0.325 e. The number of nitrogens with zero attached hydrogens (tertiary/aromatic N) is 1. The topological polar surface area (TPSA) is 32.3 Å². The first-order chi connectivity index (χ1) is 11.8. The molecule has 6 heteroatoms. The molecule has 0 spiro atoms. The maximum atomic E-state index is 12.7. The maximum Gasteiger partial charge on any atom is 0.416 e. The van der Waals surface area contributed by atoms with Gasteiger partial charge in [-0.2, -0.15) is 13.2 Å². The molecule has 0 saturated heterocycles. The lowest BCUT2D eigenvalue weighted by Crippen LogP contribution is -2.32. The Kier molecular flexibility index (Phi) is 4.81. The van der Waals surface area contributed by atoms with Crippen LogP contribution < -0.4 is 5.32 Å². The second-order valence-electron chi connectivity index (χ2n) is 6.30. The lowest BCUT2D eigenvalue weighted by Gasteiger charge is -2.24. The molecule has 0 saturated carbocycles. The van der Waals surface area contributed by atoms with Crippen LogP contribution in [0.15, 0.2) is 48.5 Å². The molecule has 2 aromatic carbocycles. The molecule has 1 N–H and O–H groups in total. The minimum absolute atomic E-state index is 0.120. The summed E-state index contributed by atoms with van der Waals surface area (Å²) >= 11 is 0. The van der Waals surface area contributed by atoms with Crippen molar-refractivity contribution in [1.82, 2.24) is 4.90 Å². The molecule has 1 unspecified atom stereocenters. The Morgan fingerprint density at radius 3 is 2.72 bits per heavy atom. The number of fused-ring (bicyclic) bond motifs is 1. The highest BCUT2D eigenvalue weighted by atomic mass is 19.4. The fourth-order valence-electron chi connectivity index (χ4n) is 3.30. The maximum absolute atomic E-state index is 12.7. The van der Waals surface area contributed by atoms with Crippen LogP contribution >= 0.6 is 0 Å². The summed E-state index contributed by atoms with van der Waals surface area (Å²) in [6.07, 6.45) is -2.52. The van der Waals surface area contributed by atoms with Crippen LogP contribution in [0.1, 0.15) is 29.2 Å². The summed E-state index contributed by atoms with van der Waals surface area (Å²) in [5.74, 6) is -0.328. The van der Waals surface area contributed by atoms with Gasteiger partial charge in [-0.25, -0.2) is 0 Å². The number of alkyl halides is 3. The fraction of sp³-hybridized carbons (Fsp3) is 0.316. The summed E-state index contributed by atoms with van der Waals surface area (Å²) in [5, 5.41) is 2.55. The van der Waals surface area contributed by atoms with Gasteiger partial charge in [0.1, 0.15) is 0 Å². The molecule has 0 radical (unpaired) electrons. The van der Waals surface area contributed by atoms with Crippen LogP contribution in [0, 0.1) is 0 Å². The van der Waals surface area contributed by atoms with Crippen molar-refractivity contribution in [2.75, 3.05) is 18.9 Å². The van der Waals surface area contributed by atoms with E-state index in [1.54, 1.807) is 0 Å². The summed E-state index contributed by atoms with van der Waals surface area (Å²) in [6, 6.07) is 13.0. The van der Waals surface area contributed by atoms with Crippen molar-refractivity contribution in [3.8, 4) is 0 Å². The molecule has 25 heavy (non-hydrogen) atoms. The molecule has 1 atom stereocenters. The predicted octanol–water partition coefficient (Wildman–Crippen LogP) is 4.26. The second-order valence-corrected chi connectivity index (χ2v) is 6.30. The van der Waals surface area contributed by atoms with E-state index in [1.165, 1.54) is 23.3 Å². The quantitative estimate of drug-likeness (QED) is 0.895. The van der Waals surface area contributed by atoms with Crippen LogP contribution in [-0.4, -0.2) is 24.4 Å². The molecule has 0 heterocycles. The van der Waals surface area contributed by atoms with Crippen molar-refractivity contribution >= 4 is 11.6 Å². The molecule has 3 nitrogen and oxygen atoms in total. The number of carbonyl (C=O) groups excluding carboxylic acids is 1. The van der Waals surface area contributed by atoms with Crippen LogP contribution in [0.25, 0.3) is 0 Å². The number of nitrogens with one attached hydrogen (secondary N) is 1. The predicted molar refractivity (Wildman–Crippen MR) is 90.2 cm³/mol. The zero-order valence-electron chi connectivity index (χ0n) is 13.8. The standard InChI is InChI=1S/C19H19F3N2O/c1-24(17-10-9-13-5-2-3-8-16(13)17)12-18(25)23-15-7-4-6-14(11-15)19(20,21)22/h2-8,11,17H,9-10,12H2,1H3,(H,23,25). The first-order valence-corrected chi connectivity index (χ1v) is 8.10. The van der Waals surface area contributed by atoms with E-state index in [9.17, 15) is 18.0 Å². The molecule has 3 rings (SSSR count). The first-order valence-electron chi connectivity index (χ1n) is 8.10. The van der Waals surface area contributed by atoms with E-state index < -0.39 is 11.7 Å². The molecule has 0 fully saturated rings. The third kappa shape index (κ3) is 4.02. The number of halogens is 3. The van der Waals surface area contributed by atoms with Gasteiger partial charge in [-0.3, -0.25) is 9.69 Å². The molecule has 132 valence electrons. The molecule has 0 bridgehead atoms. The van der Waals surface area contributed by atoms with E-state index in [1.807, 2.05) is 24.1 Å². The van der Waals surface area contributed by atoms with E-state index in [2.05, 4.69) is 17.4 Å². The molecule has 1 aliphatic rings. The van der Waals surface area contributed by atoms with Gasteiger partial charge in [-0.15, -0.1) is 0 Å². The van der Waals surface area contributed by atoms with Gasteiger partial charge in [0.2, 0.25) is 5.91 Å². The van der Waals surface area contributed by atoms with Gasteiger partial charge in [0.25, 0.3) is 0 Å². The number of carbonyl (C=O) groups is 1. The van der Waals surface area contributed by atoms with Crippen LogP contribution in [0.4, 0.5) is 18.9 Å². The number of anilines is 1. The smallest absolute Gasteiger partial charge is 0.325 e. The monoisotopic (exact) mass is 348 g/mol.